The van der Waals surface area contributed by atoms with Crippen LogP contribution in [0.5, 0.6) is 0 Å². The molecule has 1 aliphatic carbocycles. The molecular weight excluding hydrogens is 228 g/mol. The number of ketones is 2. The largest absolute Gasteiger partial charge is 0.374 e. The van der Waals surface area contributed by atoms with E-state index in [0.717, 1.165) is 5.57 Å². The molecule has 0 bridgehead atoms. The Balaban J connectivity index is 2.57. The van der Waals surface area contributed by atoms with Crippen LogP contribution in [-0.4, -0.2) is 22.3 Å². The Kier molecular flexibility index (Phi) is 2.95. The summed E-state index contributed by atoms with van der Waals surface area (Å²) in [7, 11) is 0. The summed E-state index contributed by atoms with van der Waals surface area (Å²) in [4.78, 5) is 24.6. The van der Waals surface area contributed by atoms with Gasteiger partial charge in [0.1, 0.15) is 0 Å². The van der Waals surface area contributed by atoms with Crippen LogP contribution in [0.4, 0.5) is 0 Å². The summed E-state index contributed by atoms with van der Waals surface area (Å²) in [6, 6.07) is 6.57. The van der Waals surface area contributed by atoms with Crippen LogP contribution in [0.1, 0.15) is 41.5 Å². The predicted molar refractivity (Wildman–Crippen MR) is 68.6 cm³/mol. The van der Waals surface area contributed by atoms with Crippen molar-refractivity contribution in [3.05, 3.63) is 47.0 Å². The minimum Gasteiger partial charge on any atom is -0.374 e. The van der Waals surface area contributed by atoms with Crippen LogP contribution in [0.15, 0.2) is 35.9 Å². The van der Waals surface area contributed by atoms with Crippen LogP contribution in [0.25, 0.3) is 0 Å². The van der Waals surface area contributed by atoms with Gasteiger partial charge in [0.2, 0.25) is 11.6 Å². The molecule has 1 N–H and O–H groups in total. The third kappa shape index (κ3) is 1.47. The maximum Gasteiger partial charge on any atom is 0.203 e. The van der Waals surface area contributed by atoms with Crippen LogP contribution >= 0.6 is 0 Å². The van der Waals surface area contributed by atoms with E-state index >= 15 is 0 Å². The lowest BCUT2D eigenvalue weighted by molar-refractivity contribution is 0.0185. The molecule has 1 aromatic rings. The first-order valence-electron chi connectivity index (χ1n) is 5.98. The number of allylic oxidation sites excluding steroid dienone is 1. The third-order valence-electron chi connectivity index (χ3n) is 3.87. The summed E-state index contributed by atoms with van der Waals surface area (Å²) in [5, 5.41) is 10.6. The van der Waals surface area contributed by atoms with Gasteiger partial charge in [-0.1, -0.05) is 42.8 Å². The second-order valence-electron chi connectivity index (χ2n) is 4.72. The quantitative estimate of drug-likeness (QED) is 0.642. The predicted octanol–water partition coefficient (Wildman–Crippen LogP) is 2.40. The van der Waals surface area contributed by atoms with Crippen molar-refractivity contribution >= 4 is 11.6 Å². The van der Waals surface area contributed by atoms with Crippen molar-refractivity contribution in [1.29, 1.82) is 0 Å². The Labute approximate surface area is 106 Å². The van der Waals surface area contributed by atoms with Gasteiger partial charge in [0.05, 0.1) is 0 Å². The molecule has 3 heteroatoms. The molecular formula is C15H16O3. The highest BCUT2D eigenvalue weighted by molar-refractivity contribution is 6.32. The van der Waals surface area contributed by atoms with E-state index in [1.54, 1.807) is 31.2 Å². The van der Waals surface area contributed by atoms with Crippen molar-refractivity contribution in [3.8, 4) is 0 Å². The van der Waals surface area contributed by atoms with Gasteiger partial charge in [-0.15, -0.1) is 0 Å². The summed E-state index contributed by atoms with van der Waals surface area (Å²) in [5.41, 5.74) is -0.478. The zero-order valence-corrected chi connectivity index (χ0v) is 10.7. The molecule has 1 atom stereocenters. The number of hydrogen-bond donors (Lipinski definition) is 1. The Morgan fingerprint density at radius 1 is 1.22 bits per heavy atom. The van der Waals surface area contributed by atoms with Gasteiger partial charge < -0.3 is 5.11 Å². The van der Waals surface area contributed by atoms with Crippen LogP contribution in [0, 0.1) is 5.92 Å². The molecule has 0 heterocycles. The van der Waals surface area contributed by atoms with Gasteiger partial charge in [0.25, 0.3) is 0 Å². The van der Waals surface area contributed by atoms with Gasteiger partial charge >= 0.3 is 0 Å². The molecule has 0 saturated heterocycles. The normalized spacial score (nSPS) is 19.9. The average molecular weight is 244 g/mol. The maximum absolute atomic E-state index is 12.3. The highest BCUT2D eigenvalue weighted by Crippen LogP contribution is 2.37. The van der Waals surface area contributed by atoms with Gasteiger partial charge in [0, 0.05) is 17.0 Å². The molecule has 0 saturated carbocycles. The minimum absolute atomic E-state index is 0.320. The number of rotatable bonds is 2. The van der Waals surface area contributed by atoms with Crippen LogP contribution < -0.4 is 0 Å². The Hall–Kier alpha value is -1.74. The molecule has 3 nitrogen and oxygen atoms in total. The lowest BCUT2D eigenvalue weighted by Crippen LogP contribution is -2.47. The third-order valence-corrected chi connectivity index (χ3v) is 3.87. The number of Topliss-reactive ketones (excluding diaryl/α,β-unsaturated/α-hetero) is 2. The fourth-order valence-electron chi connectivity index (χ4n) is 2.37. The second-order valence-corrected chi connectivity index (χ2v) is 4.72. The van der Waals surface area contributed by atoms with E-state index in [1.165, 1.54) is 0 Å². The zero-order chi connectivity index (χ0) is 13.5. The topological polar surface area (TPSA) is 54.4 Å². The standard InChI is InChI=1S/C15H16O3/c1-4-9(2)10(3)15(18)13(16)11-7-5-6-8-12(11)14(15)17/h4-8,10,18H,1-3H3/b9-4+. The Morgan fingerprint density at radius 2 is 1.67 bits per heavy atom. The highest BCUT2D eigenvalue weighted by atomic mass is 16.3. The minimum atomic E-state index is -1.94. The molecule has 0 amide bonds. The lowest BCUT2D eigenvalue weighted by atomic mass is 9.80. The van der Waals surface area contributed by atoms with E-state index in [2.05, 4.69) is 0 Å². The Morgan fingerprint density at radius 3 is 2.06 bits per heavy atom. The summed E-state index contributed by atoms with van der Waals surface area (Å²) < 4.78 is 0. The second kappa shape index (κ2) is 4.18. The van der Waals surface area contributed by atoms with E-state index in [4.69, 9.17) is 0 Å². The lowest BCUT2D eigenvalue weighted by Gasteiger charge is -2.27. The maximum atomic E-state index is 12.3. The molecule has 0 aliphatic heterocycles. The number of benzene rings is 1. The molecule has 0 radical (unpaired) electrons. The zero-order valence-electron chi connectivity index (χ0n) is 10.7. The number of hydrogen-bond acceptors (Lipinski definition) is 3. The van der Waals surface area contributed by atoms with E-state index in [1.807, 2.05) is 19.9 Å². The number of fused-ring (bicyclic) bond motifs is 1. The smallest absolute Gasteiger partial charge is 0.203 e. The molecule has 18 heavy (non-hydrogen) atoms. The van der Waals surface area contributed by atoms with Crippen molar-refractivity contribution in [2.45, 2.75) is 26.4 Å². The SMILES string of the molecule is C/C=C(\C)C(C)C1(O)C(=O)c2ccccc2C1=O. The van der Waals surface area contributed by atoms with Crippen molar-refractivity contribution in [2.75, 3.05) is 0 Å². The summed E-state index contributed by atoms with van der Waals surface area (Å²) in [5.74, 6) is -1.50. The summed E-state index contributed by atoms with van der Waals surface area (Å²) in [6.45, 7) is 5.34. The van der Waals surface area contributed by atoms with Gasteiger partial charge in [0.15, 0.2) is 5.60 Å². The number of aliphatic hydroxyl groups is 1. The molecule has 0 spiro atoms. The van der Waals surface area contributed by atoms with Crippen molar-refractivity contribution < 1.29 is 14.7 Å². The van der Waals surface area contributed by atoms with E-state index in [-0.39, 0.29) is 0 Å². The fraction of sp³-hybridized carbons (Fsp3) is 0.333. The molecule has 94 valence electrons. The summed E-state index contributed by atoms with van der Waals surface area (Å²) >= 11 is 0. The monoisotopic (exact) mass is 244 g/mol. The van der Waals surface area contributed by atoms with Gasteiger partial charge in [-0.2, -0.15) is 0 Å². The van der Waals surface area contributed by atoms with Crippen LogP contribution in [-0.2, 0) is 0 Å². The molecule has 1 aromatic carbocycles. The number of carbonyl (C=O) groups excluding carboxylic acids is 2. The van der Waals surface area contributed by atoms with Crippen molar-refractivity contribution in [2.24, 2.45) is 5.92 Å². The van der Waals surface area contributed by atoms with Crippen LogP contribution in [0.3, 0.4) is 0 Å². The fourth-order valence-corrected chi connectivity index (χ4v) is 2.37. The Bertz CT molecular complexity index is 520. The van der Waals surface area contributed by atoms with Crippen LogP contribution in [0.2, 0.25) is 0 Å². The highest BCUT2D eigenvalue weighted by Gasteiger charge is 2.55. The van der Waals surface area contributed by atoms with Crippen molar-refractivity contribution in [1.82, 2.24) is 0 Å². The van der Waals surface area contributed by atoms with E-state index < -0.39 is 23.1 Å². The van der Waals surface area contributed by atoms with E-state index in [9.17, 15) is 14.7 Å². The molecule has 1 aliphatic rings. The van der Waals surface area contributed by atoms with E-state index in [0.29, 0.717) is 11.1 Å². The molecule has 0 aromatic heterocycles. The van der Waals surface area contributed by atoms with Gasteiger partial charge in [-0.3, -0.25) is 9.59 Å². The first kappa shape index (κ1) is 12.7. The number of carbonyl (C=O) groups is 2. The van der Waals surface area contributed by atoms with Gasteiger partial charge in [-0.05, 0) is 13.8 Å². The first-order valence-corrected chi connectivity index (χ1v) is 5.98. The van der Waals surface area contributed by atoms with Gasteiger partial charge in [-0.25, -0.2) is 0 Å². The average Bonchev–Trinajstić information content (AvgIpc) is 2.60. The summed E-state index contributed by atoms with van der Waals surface area (Å²) in [6.07, 6.45) is 1.81. The molecule has 1 unspecified atom stereocenters. The van der Waals surface area contributed by atoms with Crippen molar-refractivity contribution in [3.63, 3.8) is 0 Å². The first-order chi connectivity index (χ1) is 8.44. The molecule has 0 fully saturated rings. The molecule has 2 rings (SSSR count).